The topological polar surface area (TPSA) is 80.7 Å². The summed E-state index contributed by atoms with van der Waals surface area (Å²) in [4.78, 5) is 10.7. The van der Waals surface area contributed by atoms with Crippen molar-refractivity contribution in [1.29, 1.82) is 0 Å². The molecule has 1 atom stereocenters. The third kappa shape index (κ3) is 10.7. The molecule has 0 aromatic heterocycles. The molecule has 8 heteroatoms. The van der Waals surface area contributed by atoms with E-state index in [0.717, 1.165) is 0 Å². The van der Waals surface area contributed by atoms with E-state index < -0.39 is 27.1 Å². The van der Waals surface area contributed by atoms with E-state index >= 15 is 0 Å². The SMILES string of the molecule is CC(S)C(=O)OCCS(=O)(=O)O.[NaH]. The van der Waals surface area contributed by atoms with Crippen LogP contribution in [0.2, 0.25) is 0 Å². The maximum atomic E-state index is 10.7. The molecule has 0 aliphatic heterocycles. The van der Waals surface area contributed by atoms with Crippen molar-refractivity contribution < 1.29 is 22.5 Å². The number of carbonyl (C=O) groups is 1. The minimum atomic E-state index is -4.05. The van der Waals surface area contributed by atoms with Crippen LogP contribution in [0, 0.1) is 0 Å². The zero-order chi connectivity index (χ0) is 9.78. The van der Waals surface area contributed by atoms with Gasteiger partial charge in [-0.15, -0.1) is 0 Å². The number of carbonyl (C=O) groups excluding carboxylic acids is 1. The Kier molecular flexibility index (Phi) is 8.81. The second kappa shape index (κ2) is 7.08. The fourth-order valence-corrected chi connectivity index (χ4v) is 0.737. The van der Waals surface area contributed by atoms with Crippen LogP contribution in [0.1, 0.15) is 6.92 Å². The molecular weight excluding hydrogens is 227 g/mol. The summed E-state index contributed by atoms with van der Waals surface area (Å²) in [5, 5.41) is -0.591. The van der Waals surface area contributed by atoms with E-state index in [1.807, 2.05) is 0 Å². The zero-order valence-electron chi connectivity index (χ0n) is 6.43. The molecule has 1 unspecified atom stereocenters. The molecule has 0 aromatic carbocycles. The third-order valence-electron chi connectivity index (χ3n) is 0.927. The molecule has 5 nitrogen and oxygen atoms in total. The fourth-order valence-electron chi connectivity index (χ4n) is 0.368. The predicted octanol–water partition coefficient (Wildman–Crippen LogP) is -0.913. The number of thiol groups is 1. The first-order valence-electron chi connectivity index (χ1n) is 3.13. The second-order valence-corrected chi connectivity index (χ2v) is 4.48. The van der Waals surface area contributed by atoms with Gasteiger partial charge < -0.3 is 4.74 Å². The Balaban J connectivity index is 0. The molecule has 0 aliphatic rings. The number of ether oxygens (including phenoxy) is 1. The van der Waals surface area contributed by atoms with E-state index in [2.05, 4.69) is 17.4 Å². The first-order chi connectivity index (χ1) is 5.33. The van der Waals surface area contributed by atoms with Crippen molar-refractivity contribution in [3.05, 3.63) is 0 Å². The van der Waals surface area contributed by atoms with Gasteiger partial charge in [-0.1, -0.05) is 0 Å². The molecule has 1 N–H and O–H groups in total. The van der Waals surface area contributed by atoms with E-state index in [-0.39, 0.29) is 36.2 Å². The van der Waals surface area contributed by atoms with E-state index in [0.29, 0.717) is 0 Å². The molecule has 0 spiro atoms. The van der Waals surface area contributed by atoms with E-state index in [1.165, 1.54) is 6.92 Å². The zero-order valence-corrected chi connectivity index (χ0v) is 8.14. The normalized spacial score (nSPS) is 12.8. The van der Waals surface area contributed by atoms with Gasteiger partial charge in [-0.05, 0) is 6.92 Å². The summed E-state index contributed by atoms with van der Waals surface area (Å²) >= 11 is 3.75. The summed E-state index contributed by atoms with van der Waals surface area (Å²) in [5.74, 6) is -1.19. The minimum absolute atomic E-state index is 0. The van der Waals surface area contributed by atoms with Crippen molar-refractivity contribution in [2.24, 2.45) is 0 Å². The summed E-state index contributed by atoms with van der Waals surface area (Å²) < 4.78 is 32.9. The van der Waals surface area contributed by atoms with Crippen molar-refractivity contribution in [1.82, 2.24) is 0 Å². The van der Waals surface area contributed by atoms with Crippen molar-refractivity contribution in [2.75, 3.05) is 12.4 Å². The average molecular weight is 238 g/mol. The molecule has 0 rings (SSSR count). The first kappa shape index (κ1) is 16.2. The van der Waals surface area contributed by atoms with Gasteiger partial charge in [-0.3, -0.25) is 9.35 Å². The molecule has 0 radical (unpaired) electrons. The molecule has 0 heterocycles. The van der Waals surface area contributed by atoms with E-state index in [1.54, 1.807) is 0 Å². The quantitative estimate of drug-likeness (QED) is 0.287. The molecule has 74 valence electrons. The van der Waals surface area contributed by atoms with Gasteiger partial charge in [0.1, 0.15) is 12.4 Å². The van der Waals surface area contributed by atoms with Gasteiger partial charge >= 0.3 is 35.5 Å². The maximum absolute atomic E-state index is 10.7. The Morgan fingerprint density at radius 1 is 1.62 bits per heavy atom. The van der Waals surface area contributed by atoms with Crippen LogP contribution in [0.15, 0.2) is 0 Å². The summed E-state index contributed by atoms with van der Waals surface area (Å²) in [6.45, 7) is 1.15. The van der Waals surface area contributed by atoms with Crippen LogP contribution in [0.4, 0.5) is 0 Å². The van der Waals surface area contributed by atoms with Crippen LogP contribution in [-0.2, 0) is 19.6 Å². The van der Waals surface area contributed by atoms with Gasteiger partial charge in [-0.2, -0.15) is 21.0 Å². The van der Waals surface area contributed by atoms with Crippen molar-refractivity contribution >= 4 is 58.3 Å². The first-order valence-corrected chi connectivity index (χ1v) is 5.25. The van der Waals surface area contributed by atoms with Crippen LogP contribution in [-0.4, -0.2) is 66.1 Å². The number of hydrogen-bond donors (Lipinski definition) is 2. The molecule has 0 fully saturated rings. The summed E-state index contributed by atoms with van der Waals surface area (Å²) in [6, 6.07) is 0. The Morgan fingerprint density at radius 2 is 2.08 bits per heavy atom. The van der Waals surface area contributed by atoms with Gasteiger partial charge in [0, 0.05) is 0 Å². The molecule has 0 aliphatic carbocycles. The Bertz CT molecular complexity index is 248. The van der Waals surface area contributed by atoms with Crippen LogP contribution < -0.4 is 0 Å². The molecule has 0 aromatic rings. The predicted molar refractivity (Wildman–Crippen MR) is 53.0 cm³/mol. The fraction of sp³-hybridized carbons (Fsp3) is 0.800. The van der Waals surface area contributed by atoms with Crippen LogP contribution >= 0.6 is 12.6 Å². The second-order valence-electron chi connectivity index (χ2n) is 2.13. The van der Waals surface area contributed by atoms with E-state index in [4.69, 9.17) is 4.55 Å². The summed E-state index contributed by atoms with van der Waals surface area (Å²) in [6.07, 6.45) is 0. The van der Waals surface area contributed by atoms with Gasteiger partial charge in [0.15, 0.2) is 0 Å². The molecule has 0 saturated carbocycles. The number of esters is 1. The number of rotatable bonds is 4. The summed E-state index contributed by atoms with van der Waals surface area (Å²) in [7, 11) is -4.05. The Morgan fingerprint density at radius 3 is 2.38 bits per heavy atom. The van der Waals surface area contributed by atoms with Crippen LogP contribution in [0.25, 0.3) is 0 Å². The van der Waals surface area contributed by atoms with Crippen LogP contribution in [0.3, 0.4) is 0 Å². The summed E-state index contributed by atoms with van der Waals surface area (Å²) in [5.41, 5.74) is 0. The molecule has 0 amide bonds. The molecular formula is C5H11NaO5S2. The monoisotopic (exact) mass is 238 g/mol. The van der Waals surface area contributed by atoms with Gasteiger partial charge in [-0.25, -0.2) is 0 Å². The van der Waals surface area contributed by atoms with E-state index in [9.17, 15) is 13.2 Å². The van der Waals surface area contributed by atoms with Crippen molar-refractivity contribution in [3.8, 4) is 0 Å². The standard InChI is InChI=1S/C5H10O5S2.Na.H/c1-4(11)5(6)10-2-3-12(7,8)9;;/h4,11H,2-3H2,1H3,(H,7,8,9);;. The van der Waals surface area contributed by atoms with Crippen LogP contribution in [0.5, 0.6) is 0 Å². The van der Waals surface area contributed by atoms with Gasteiger partial charge in [0.2, 0.25) is 0 Å². The average Bonchev–Trinajstić information content (AvgIpc) is 1.84. The van der Waals surface area contributed by atoms with Crippen molar-refractivity contribution in [3.63, 3.8) is 0 Å². The van der Waals surface area contributed by atoms with Crippen molar-refractivity contribution in [2.45, 2.75) is 12.2 Å². The molecule has 13 heavy (non-hydrogen) atoms. The van der Waals surface area contributed by atoms with Gasteiger partial charge in [0.25, 0.3) is 10.1 Å². The van der Waals surface area contributed by atoms with Gasteiger partial charge in [0.05, 0.1) is 5.25 Å². The third-order valence-corrected chi connectivity index (χ3v) is 1.82. The number of hydrogen-bond acceptors (Lipinski definition) is 5. The molecule has 0 bridgehead atoms. The molecule has 0 saturated heterocycles. The Hall–Kier alpha value is 0.730. The Labute approximate surface area is 105 Å².